The minimum absolute atomic E-state index is 0.0508. The van der Waals surface area contributed by atoms with Gasteiger partial charge in [-0.05, 0) is 59.9 Å². The van der Waals surface area contributed by atoms with Crippen molar-refractivity contribution in [3.63, 3.8) is 0 Å². The van der Waals surface area contributed by atoms with E-state index in [0.717, 1.165) is 37.1 Å². The van der Waals surface area contributed by atoms with E-state index in [9.17, 15) is 19.6 Å². The maximum atomic E-state index is 14.9. The van der Waals surface area contributed by atoms with E-state index in [-0.39, 0.29) is 23.8 Å². The lowest BCUT2D eigenvalue weighted by molar-refractivity contribution is -0.124. The van der Waals surface area contributed by atoms with E-state index >= 15 is 0 Å². The van der Waals surface area contributed by atoms with Crippen molar-refractivity contribution in [2.45, 2.75) is 25.4 Å². The molecule has 1 saturated heterocycles. The second kappa shape index (κ2) is 16.2. The quantitative estimate of drug-likeness (QED) is 0.0626. The van der Waals surface area contributed by atoms with Crippen LogP contribution < -0.4 is 20.4 Å². The molecule has 5 aromatic rings. The van der Waals surface area contributed by atoms with Gasteiger partial charge < -0.3 is 25.2 Å². The van der Waals surface area contributed by atoms with E-state index in [1.807, 2.05) is 40.9 Å². The summed E-state index contributed by atoms with van der Waals surface area (Å²) in [4.78, 5) is 31.5. The van der Waals surface area contributed by atoms with Gasteiger partial charge in [0.15, 0.2) is 11.5 Å². The minimum Gasteiger partial charge on any atom is -0.504 e. The number of ether oxygens (including phenoxy) is 1. The maximum Gasteiger partial charge on any atom is 0.290 e. The largest absolute Gasteiger partial charge is 0.504 e. The van der Waals surface area contributed by atoms with E-state index in [0.29, 0.717) is 46.3 Å². The number of aromatic hydroxyl groups is 1. The van der Waals surface area contributed by atoms with Crippen molar-refractivity contribution in [1.29, 1.82) is 5.26 Å². The van der Waals surface area contributed by atoms with Crippen molar-refractivity contribution in [2.24, 2.45) is 0 Å². The second-order valence-corrected chi connectivity index (χ2v) is 11.2. The standard InChI is InChI=1S/C35H32FN7O4.CH2O2/c1-47-30-10-9-24(19-29(30)44)32-33(25-7-8-26(20-37)28(36)18-25)40-35(43-17-14-38-34(32)43)42-15-12-27(13-16-42)39-21-23-4-2-22(3-5-23)6-11-31(45)41-46;2-1-3/h2-11,14,17-19,27,39,44,46H,12-13,15-16,21H2,1H3,(H,41,45);1H,(H,2,3)/b11-6+;. The van der Waals surface area contributed by atoms with Crippen LogP contribution in [-0.2, 0) is 16.1 Å². The molecule has 0 saturated carbocycles. The summed E-state index contributed by atoms with van der Waals surface area (Å²) in [5.74, 6) is -0.300. The highest BCUT2D eigenvalue weighted by molar-refractivity contribution is 5.92. The average Bonchev–Trinajstić information content (AvgIpc) is 3.63. The Hall–Kier alpha value is -6.30. The van der Waals surface area contributed by atoms with Crippen LogP contribution in [0.4, 0.5) is 10.3 Å². The molecule has 0 aliphatic carbocycles. The maximum absolute atomic E-state index is 14.9. The van der Waals surface area contributed by atoms with Gasteiger partial charge in [0.1, 0.15) is 17.5 Å². The summed E-state index contributed by atoms with van der Waals surface area (Å²) in [7, 11) is 1.47. The molecule has 0 unspecified atom stereocenters. The van der Waals surface area contributed by atoms with E-state index in [4.69, 9.17) is 24.8 Å². The molecule has 1 amide bonds. The molecule has 0 spiro atoms. The van der Waals surface area contributed by atoms with Crippen molar-refractivity contribution in [1.82, 2.24) is 25.2 Å². The highest BCUT2D eigenvalue weighted by atomic mass is 19.1. The van der Waals surface area contributed by atoms with Crippen LogP contribution in [-0.4, -0.2) is 68.4 Å². The zero-order valence-corrected chi connectivity index (χ0v) is 27.0. The SMILES string of the molecule is COc1ccc(-c2c(-c3ccc(C#N)c(F)c3)nc(N3CCC(NCc4ccc(/C=C/C(=O)NO)cc4)CC3)n3ccnc23)cc1O.O=CO. The number of amides is 1. The first-order chi connectivity index (χ1) is 24.3. The fraction of sp³-hybridized carbons (Fsp3) is 0.194. The van der Waals surface area contributed by atoms with Gasteiger partial charge >= 0.3 is 0 Å². The topological polar surface area (TPSA) is 185 Å². The monoisotopic (exact) mass is 679 g/mol. The van der Waals surface area contributed by atoms with Crippen LogP contribution in [0.3, 0.4) is 0 Å². The number of anilines is 1. The van der Waals surface area contributed by atoms with E-state index in [2.05, 4.69) is 15.2 Å². The predicted molar refractivity (Wildman–Crippen MR) is 183 cm³/mol. The van der Waals surface area contributed by atoms with E-state index < -0.39 is 11.7 Å². The van der Waals surface area contributed by atoms with Crippen LogP contribution in [0.25, 0.3) is 34.1 Å². The van der Waals surface area contributed by atoms with E-state index in [1.165, 1.54) is 25.3 Å². The van der Waals surface area contributed by atoms with Crippen molar-refractivity contribution in [2.75, 3.05) is 25.1 Å². The number of phenolic OH excluding ortho intramolecular Hbond substituents is 1. The molecule has 1 aliphatic heterocycles. The number of hydrogen-bond donors (Lipinski definition) is 5. The fourth-order valence-corrected chi connectivity index (χ4v) is 5.76. The molecule has 3 aromatic carbocycles. The molecule has 1 fully saturated rings. The van der Waals surface area contributed by atoms with Gasteiger partial charge in [0.05, 0.1) is 23.9 Å². The normalized spacial score (nSPS) is 13.0. The van der Waals surface area contributed by atoms with Crippen molar-refractivity contribution in [3.05, 3.63) is 102 Å². The lowest BCUT2D eigenvalue weighted by Crippen LogP contribution is -2.43. The second-order valence-electron chi connectivity index (χ2n) is 11.2. The van der Waals surface area contributed by atoms with Crippen molar-refractivity contribution in [3.8, 4) is 40.0 Å². The zero-order valence-electron chi connectivity index (χ0n) is 27.0. The summed E-state index contributed by atoms with van der Waals surface area (Å²) in [6, 6.07) is 19.4. The average molecular weight is 680 g/mol. The number of nitriles is 1. The smallest absolute Gasteiger partial charge is 0.290 e. The third-order valence-corrected chi connectivity index (χ3v) is 8.25. The van der Waals surface area contributed by atoms with Crippen LogP contribution in [0.2, 0.25) is 0 Å². The fourth-order valence-electron chi connectivity index (χ4n) is 5.76. The van der Waals surface area contributed by atoms with Gasteiger partial charge in [0.25, 0.3) is 12.4 Å². The molecule has 1 aliphatic rings. The molecule has 50 heavy (non-hydrogen) atoms. The van der Waals surface area contributed by atoms with Crippen LogP contribution in [0.1, 0.15) is 29.5 Å². The molecule has 2 aromatic heterocycles. The number of nitrogens with zero attached hydrogens (tertiary/aromatic N) is 5. The summed E-state index contributed by atoms with van der Waals surface area (Å²) in [6.45, 7) is 1.88. The number of piperidine rings is 1. The molecule has 3 heterocycles. The summed E-state index contributed by atoms with van der Waals surface area (Å²) in [6.07, 6.45) is 8.14. The molecule has 5 N–H and O–H groups in total. The molecule has 0 bridgehead atoms. The third-order valence-electron chi connectivity index (χ3n) is 8.25. The van der Waals surface area contributed by atoms with Crippen molar-refractivity contribution >= 4 is 30.1 Å². The molecular formula is C36H34FN7O6. The summed E-state index contributed by atoms with van der Waals surface area (Å²) in [5.41, 5.74) is 6.25. The first kappa shape index (κ1) is 35.0. The first-order valence-electron chi connectivity index (χ1n) is 15.5. The highest BCUT2D eigenvalue weighted by Gasteiger charge is 2.26. The number of carbonyl (C=O) groups is 2. The van der Waals surface area contributed by atoms with Gasteiger partial charge in [-0.25, -0.2) is 19.8 Å². The molecule has 14 heteroatoms. The number of methoxy groups -OCH3 is 1. The number of imidazole rings is 1. The number of hydrogen-bond acceptors (Lipinski definition) is 10. The van der Waals surface area contributed by atoms with Gasteiger partial charge in [-0.3, -0.25) is 19.2 Å². The third kappa shape index (κ3) is 7.87. The molecular weight excluding hydrogens is 645 g/mol. The Morgan fingerprint density at radius 1 is 1.12 bits per heavy atom. The number of hydroxylamine groups is 1. The van der Waals surface area contributed by atoms with Crippen LogP contribution in [0.5, 0.6) is 11.5 Å². The minimum atomic E-state index is -0.646. The zero-order chi connectivity index (χ0) is 35.6. The molecule has 0 radical (unpaired) electrons. The summed E-state index contributed by atoms with van der Waals surface area (Å²) in [5, 5.41) is 39.1. The Morgan fingerprint density at radius 2 is 1.84 bits per heavy atom. The van der Waals surface area contributed by atoms with E-state index in [1.54, 1.807) is 42.0 Å². The Kier molecular flexibility index (Phi) is 11.3. The Morgan fingerprint density at radius 3 is 2.48 bits per heavy atom. The first-order valence-corrected chi connectivity index (χ1v) is 15.5. The van der Waals surface area contributed by atoms with Crippen LogP contribution >= 0.6 is 0 Å². The number of halogens is 1. The Balaban J connectivity index is 0.00000156. The number of aromatic nitrogens is 3. The number of phenols is 1. The molecule has 6 rings (SSSR count). The van der Waals surface area contributed by atoms with Gasteiger partial charge in [-0.2, -0.15) is 5.26 Å². The van der Waals surface area contributed by atoms with Gasteiger partial charge in [-0.15, -0.1) is 0 Å². The molecule has 256 valence electrons. The summed E-state index contributed by atoms with van der Waals surface area (Å²) >= 11 is 0. The van der Waals surface area contributed by atoms with Gasteiger partial charge in [0, 0.05) is 49.7 Å². The summed E-state index contributed by atoms with van der Waals surface area (Å²) < 4.78 is 22.1. The molecule has 0 atom stereocenters. The lowest BCUT2D eigenvalue weighted by atomic mass is 9.98. The number of rotatable bonds is 9. The van der Waals surface area contributed by atoms with Gasteiger partial charge in [-0.1, -0.05) is 36.4 Å². The number of carbonyl (C=O) groups excluding carboxylic acids is 1. The number of fused-ring (bicyclic) bond motifs is 1. The Bertz CT molecular complexity index is 2050. The van der Waals surface area contributed by atoms with Crippen LogP contribution in [0, 0.1) is 17.1 Å². The number of benzene rings is 3. The predicted octanol–water partition coefficient (Wildman–Crippen LogP) is 4.77. The number of carboxylic acid groups (broad SMARTS) is 1. The van der Waals surface area contributed by atoms with Crippen molar-refractivity contribution < 1.29 is 34.1 Å². The molecule has 13 nitrogen and oxygen atoms in total. The van der Waals surface area contributed by atoms with Gasteiger partial charge in [0.2, 0.25) is 5.95 Å². The lowest BCUT2D eigenvalue weighted by Gasteiger charge is -2.34. The van der Waals surface area contributed by atoms with Crippen LogP contribution in [0.15, 0.2) is 79.1 Å². The number of nitrogens with one attached hydrogen (secondary N) is 2. The highest BCUT2D eigenvalue weighted by Crippen LogP contribution is 2.40. The Labute approximate surface area is 286 Å².